The summed E-state index contributed by atoms with van der Waals surface area (Å²) in [7, 11) is 0. The maximum absolute atomic E-state index is 10.4. The lowest BCUT2D eigenvalue weighted by molar-refractivity contribution is 0.423. The largest absolute Gasteiger partial charge is 0.507 e. The van der Waals surface area contributed by atoms with E-state index >= 15 is 0 Å². The number of unbranched alkanes of at least 4 members (excludes halogenated alkanes) is 2. The molecule has 0 saturated heterocycles. The zero-order chi connectivity index (χ0) is 19.7. The predicted octanol–water partition coefficient (Wildman–Crippen LogP) is 6.47. The molecule has 0 aliphatic rings. The van der Waals surface area contributed by atoms with E-state index < -0.39 is 0 Å². The summed E-state index contributed by atoms with van der Waals surface area (Å²) < 4.78 is 0. The normalized spacial score (nSPS) is 11.9. The first-order chi connectivity index (χ1) is 11.4. The maximum Gasteiger partial charge on any atom is 0.123 e. The number of hydrogen-bond acceptors (Lipinski definition) is 2. The molecule has 0 fully saturated rings. The van der Waals surface area contributed by atoms with Crippen molar-refractivity contribution in [3.05, 3.63) is 28.8 Å². The van der Waals surface area contributed by atoms with Crippen LogP contribution in [0.25, 0.3) is 0 Å². The molecule has 0 amide bonds. The van der Waals surface area contributed by atoms with Gasteiger partial charge in [-0.25, -0.2) is 0 Å². The van der Waals surface area contributed by atoms with Crippen LogP contribution in [0.15, 0.2) is 12.1 Å². The van der Waals surface area contributed by atoms with Gasteiger partial charge < -0.3 is 10.4 Å². The summed E-state index contributed by atoms with van der Waals surface area (Å²) in [6.45, 7) is 21.7. The van der Waals surface area contributed by atoms with Gasteiger partial charge in [-0.1, -0.05) is 85.9 Å². The molecule has 0 atom stereocenters. The summed E-state index contributed by atoms with van der Waals surface area (Å²) in [5, 5.41) is 13.8. The van der Waals surface area contributed by atoms with Crippen LogP contribution in [0.4, 0.5) is 0 Å². The van der Waals surface area contributed by atoms with Gasteiger partial charge >= 0.3 is 0 Å². The quantitative estimate of drug-likeness (QED) is 0.577. The highest BCUT2D eigenvalue weighted by molar-refractivity contribution is 5.49. The molecular formula is C23H43NO. The first kappa shape index (κ1) is 24.0. The number of rotatable bonds is 6. The van der Waals surface area contributed by atoms with Gasteiger partial charge in [0.1, 0.15) is 5.75 Å². The number of aromatic hydroxyl groups is 1. The van der Waals surface area contributed by atoms with Crippen molar-refractivity contribution in [3.8, 4) is 5.75 Å². The molecule has 1 rings (SSSR count). The Kier molecular flexibility index (Phi) is 10.4. The average molecular weight is 350 g/mol. The second-order valence-corrected chi connectivity index (χ2v) is 9.17. The topological polar surface area (TPSA) is 32.3 Å². The van der Waals surface area contributed by atoms with E-state index in [0.717, 1.165) is 11.1 Å². The fraction of sp³-hybridized carbons (Fsp3) is 0.739. The van der Waals surface area contributed by atoms with E-state index in [9.17, 15) is 5.11 Å². The third kappa shape index (κ3) is 9.30. The van der Waals surface area contributed by atoms with Crippen molar-refractivity contribution >= 4 is 0 Å². The molecule has 0 aromatic heterocycles. The Morgan fingerprint density at radius 3 is 1.44 bits per heavy atom. The van der Waals surface area contributed by atoms with Gasteiger partial charge in [-0.2, -0.15) is 0 Å². The van der Waals surface area contributed by atoms with Crippen LogP contribution in [-0.4, -0.2) is 18.2 Å². The molecule has 0 spiro atoms. The lowest BCUT2D eigenvalue weighted by Gasteiger charge is -2.27. The van der Waals surface area contributed by atoms with Crippen molar-refractivity contribution in [2.24, 2.45) is 0 Å². The number of aryl methyl sites for hydroxylation is 1. The molecule has 2 heteroatoms. The minimum Gasteiger partial charge on any atom is -0.507 e. The predicted molar refractivity (Wildman–Crippen MR) is 113 cm³/mol. The van der Waals surface area contributed by atoms with Crippen LogP contribution >= 0.6 is 0 Å². The number of nitrogens with one attached hydrogen (secondary N) is 1. The van der Waals surface area contributed by atoms with Crippen LogP contribution in [0, 0.1) is 6.92 Å². The Balaban J connectivity index is 0.000000547. The van der Waals surface area contributed by atoms with Gasteiger partial charge in [-0.15, -0.1) is 0 Å². The second kappa shape index (κ2) is 10.9. The Bertz CT molecular complexity index is 451. The van der Waals surface area contributed by atoms with Crippen molar-refractivity contribution in [3.63, 3.8) is 0 Å². The van der Waals surface area contributed by atoms with Crippen molar-refractivity contribution in [1.82, 2.24) is 5.32 Å². The Hall–Kier alpha value is -1.02. The van der Waals surface area contributed by atoms with Gasteiger partial charge in [0.15, 0.2) is 0 Å². The molecule has 146 valence electrons. The van der Waals surface area contributed by atoms with E-state index in [-0.39, 0.29) is 10.8 Å². The maximum atomic E-state index is 10.4. The monoisotopic (exact) mass is 349 g/mol. The van der Waals surface area contributed by atoms with Gasteiger partial charge in [-0.3, -0.25) is 0 Å². The molecule has 2 N–H and O–H groups in total. The molecule has 0 heterocycles. The van der Waals surface area contributed by atoms with Crippen LogP contribution in [0.2, 0.25) is 0 Å². The van der Waals surface area contributed by atoms with Gasteiger partial charge in [0.25, 0.3) is 0 Å². The molecule has 0 aliphatic heterocycles. The molecule has 25 heavy (non-hydrogen) atoms. The van der Waals surface area contributed by atoms with Crippen LogP contribution in [0.1, 0.15) is 97.8 Å². The third-order valence-electron chi connectivity index (χ3n) is 4.28. The molecule has 0 bridgehead atoms. The SMILES string of the molecule is CCCCNCCCC.Cc1cc(C(C)(C)C)c(O)c(C(C)(C)C)c1. The highest BCUT2D eigenvalue weighted by Crippen LogP contribution is 2.39. The molecule has 1 aromatic rings. The van der Waals surface area contributed by atoms with Gasteiger partial charge in [0.2, 0.25) is 0 Å². The smallest absolute Gasteiger partial charge is 0.123 e. The van der Waals surface area contributed by atoms with Crippen LogP contribution in [0.5, 0.6) is 5.75 Å². The van der Waals surface area contributed by atoms with Gasteiger partial charge in [0.05, 0.1) is 0 Å². The first-order valence-corrected chi connectivity index (χ1v) is 10.00. The number of benzene rings is 1. The van der Waals surface area contributed by atoms with E-state index in [0.29, 0.717) is 5.75 Å². The van der Waals surface area contributed by atoms with Crippen LogP contribution < -0.4 is 5.32 Å². The summed E-state index contributed by atoms with van der Waals surface area (Å²) in [5.74, 6) is 0.464. The Labute approximate surface area is 157 Å². The summed E-state index contributed by atoms with van der Waals surface area (Å²) in [6.07, 6.45) is 5.26. The average Bonchev–Trinajstić information content (AvgIpc) is 2.48. The Morgan fingerprint density at radius 1 is 0.800 bits per heavy atom. The molecule has 0 radical (unpaired) electrons. The van der Waals surface area contributed by atoms with Crippen molar-refractivity contribution in [1.29, 1.82) is 0 Å². The summed E-state index contributed by atoms with van der Waals surface area (Å²) in [6, 6.07) is 4.18. The van der Waals surface area contributed by atoms with E-state index in [1.54, 1.807) is 0 Å². The Morgan fingerprint density at radius 2 is 1.16 bits per heavy atom. The lowest BCUT2D eigenvalue weighted by Crippen LogP contribution is -2.17. The minimum absolute atomic E-state index is 0.0178. The van der Waals surface area contributed by atoms with E-state index in [1.165, 1.54) is 44.3 Å². The summed E-state index contributed by atoms with van der Waals surface area (Å²) in [4.78, 5) is 0. The van der Waals surface area contributed by atoms with Crippen LogP contribution in [-0.2, 0) is 10.8 Å². The summed E-state index contributed by atoms with van der Waals surface area (Å²) >= 11 is 0. The van der Waals surface area contributed by atoms with Crippen molar-refractivity contribution in [2.45, 2.75) is 98.8 Å². The zero-order valence-corrected chi connectivity index (χ0v) is 18.3. The van der Waals surface area contributed by atoms with Gasteiger partial charge in [0, 0.05) is 0 Å². The molecule has 0 unspecified atom stereocenters. The number of phenols is 1. The first-order valence-electron chi connectivity index (χ1n) is 10.00. The number of hydrogen-bond donors (Lipinski definition) is 2. The fourth-order valence-electron chi connectivity index (χ4n) is 2.65. The summed E-state index contributed by atoms with van der Waals surface area (Å²) in [5.41, 5.74) is 3.26. The standard InChI is InChI=1S/C15H24O.C8H19N/c1-10-8-11(14(2,3)4)13(16)12(9-10)15(5,6)7;1-3-5-7-9-8-6-4-2/h8-9,16H,1-7H3;9H,3-8H2,1-2H3. The van der Waals surface area contributed by atoms with E-state index in [2.05, 4.69) is 79.8 Å². The second-order valence-electron chi connectivity index (χ2n) is 9.17. The number of phenolic OH excluding ortho intramolecular Hbond substituents is 1. The van der Waals surface area contributed by atoms with Gasteiger partial charge in [-0.05, 0) is 54.8 Å². The van der Waals surface area contributed by atoms with E-state index in [4.69, 9.17) is 0 Å². The molecule has 2 nitrogen and oxygen atoms in total. The fourth-order valence-corrected chi connectivity index (χ4v) is 2.65. The van der Waals surface area contributed by atoms with Crippen molar-refractivity contribution < 1.29 is 5.11 Å². The van der Waals surface area contributed by atoms with Crippen molar-refractivity contribution in [2.75, 3.05) is 13.1 Å². The third-order valence-corrected chi connectivity index (χ3v) is 4.28. The molecule has 1 aromatic carbocycles. The van der Waals surface area contributed by atoms with Crippen LogP contribution in [0.3, 0.4) is 0 Å². The molecule has 0 saturated carbocycles. The minimum atomic E-state index is -0.0178. The zero-order valence-electron chi connectivity index (χ0n) is 18.3. The van der Waals surface area contributed by atoms with E-state index in [1.807, 2.05) is 0 Å². The molecule has 0 aliphatic carbocycles. The highest BCUT2D eigenvalue weighted by Gasteiger charge is 2.25. The lowest BCUT2D eigenvalue weighted by atomic mass is 9.78. The molecular weight excluding hydrogens is 306 g/mol. The highest BCUT2D eigenvalue weighted by atomic mass is 16.3.